The highest BCUT2D eigenvalue weighted by atomic mass is 79.9. The van der Waals surface area contributed by atoms with Crippen LogP contribution in [0.3, 0.4) is 0 Å². The quantitative estimate of drug-likeness (QED) is 0.862. The second-order valence-corrected chi connectivity index (χ2v) is 5.38. The van der Waals surface area contributed by atoms with Gasteiger partial charge in [-0.3, -0.25) is 0 Å². The maximum absolute atomic E-state index is 13.1. The molecule has 0 unspecified atom stereocenters. The summed E-state index contributed by atoms with van der Waals surface area (Å²) in [4.78, 5) is 0. The molecule has 20 heavy (non-hydrogen) atoms. The van der Waals surface area contributed by atoms with E-state index < -0.39 is 6.10 Å². The van der Waals surface area contributed by atoms with Crippen molar-refractivity contribution in [3.8, 4) is 5.75 Å². The molecule has 2 aromatic carbocycles. The van der Waals surface area contributed by atoms with Crippen LogP contribution in [0.1, 0.15) is 30.6 Å². The Bertz CT molecular complexity index is 569. The number of benzene rings is 2. The van der Waals surface area contributed by atoms with Crippen LogP contribution in [0.15, 0.2) is 46.9 Å². The minimum Gasteiger partial charge on any atom is -0.489 e. The van der Waals surface area contributed by atoms with Crippen LogP contribution in [0.25, 0.3) is 0 Å². The molecule has 0 saturated heterocycles. The van der Waals surface area contributed by atoms with Gasteiger partial charge in [-0.15, -0.1) is 0 Å². The van der Waals surface area contributed by atoms with Crippen molar-refractivity contribution in [3.63, 3.8) is 0 Å². The summed E-state index contributed by atoms with van der Waals surface area (Å²) in [7, 11) is 0. The maximum Gasteiger partial charge on any atom is 0.137 e. The molecule has 0 radical (unpaired) electrons. The third-order valence-corrected chi connectivity index (χ3v) is 3.65. The third-order valence-electron chi connectivity index (χ3n) is 3.04. The summed E-state index contributed by atoms with van der Waals surface area (Å²) >= 11 is 3.15. The zero-order valence-corrected chi connectivity index (χ0v) is 12.7. The minimum absolute atomic E-state index is 0.286. The average molecular weight is 339 g/mol. The van der Waals surface area contributed by atoms with Crippen molar-refractivity contribution in [2.24, 2.45) is 0 Å². The molecule has 1 atom stereocenters. The van der Waals surface area contributed by atoms with Crippen LogP contribution in [0.5, 0.6) is 5.75 Å². The van der Waals surface area contributed by atoms with Crippen molar-refractivity contribution < 1.29 is 14.2 Å². The summed E-state index contributed by atoms with van der Waals surface area (Å²) in [5, 5.41) is 9.70. The Morgan fingerprint density at radius 1 is 1.20 bits per heavy atom. The molecule has 2 nitrogen and oxygen atoms in total. The van der Waals surface area contributed by atoms with Gasteiger partial charge in [0.05, 0.1) is 10.6 Å². The SMILES string of the molecule is CC[C@H](O)c1ccc(OCc2ccc(F)c(Br)c2)cc1. The van der Waals surface area contributed by atoms with Crippen molar-refractivity contribution in [3.05, 3.63) is 63.9 Å². The van der Waals surface area contributed by atoms with Crippen LogP contribution in [-0.2, 0) is 6.61 Å². The van der Waals surface area contributed by atoms with Gasteiger partial charge in [0.2, 0.25) is 0 Å². The fourth-order valence-corrected chi connectivity index (χ4v) is 2.24. The Hall–Kier alpha value is -1.39. The Morgan fingerprint density at radius 2 is 1.90 bits per heavy atom. The molecule has 0 aliphatic rings. The summed E-state index contributed by atoms with van der Waals surface area (Å²) in [6.45, 7) is 2.30. The van der Waals surface area contributed by atoms with E-state index in [0.29, 0.717) is 17.5 Å². The number of halogens is 2. The highest BCUT2D eigenvalue weighted by Gasteiger charge is 2.05. The number of ether oxygens (including phenoxy) is 1. The van der Waals surface area contributed by atoms with Gasteiger partial charge in [0, 0.05) is 0 Å². The van der Waals surface area contributed by atoms with Gasteiger partial charge in [-0.1, -0.05) is 25.1 Å². The molecule has 106 valence electrons. The van der Waals surface area contributed by atoms with Crippen LogP contribution >= 0.6 is 15.9 Å². The van der Waals surface area contributed by atoms with Crippen LogP contribution < -0.4 is 4.74 Å². The first-order valence-corrected chi connectivity index (χ1v) is 7.24. The van der Waals surface area contributed by atoms with E-state index in [1.54, 1.807) is 12.1 Å². The predicted octanol–water partition coefficient (Wildman–Crippen LogP) is 4.61. The van der Waals surface area contributed by atoms with E-state index in [4.69, 9.17) is 4.74 Å². The van der Waals surface area contributed by atoms with E-state index in [9.17, 15) is 9.50 Å². The van der Waals surface area contributed by atoms with Crippen molar-refractivity contribution in [1.82, 2.24) is 0 Å². The lowest BCUT2D eigenvalue weighted by atomic mass is 10.1. The van der Waals surface area contributed by atoms with Gasteiger partial charge in [-0.2, -0.15) is 0 Å². The summed E-state index contributed by atoms with van der Waals surface area (Å²) in [5.41, 5.74) is 1.76. The zero-order valence-electron chi connectivity index (χ0n) is 11.1. The summed E-state index contributed by atoms with van der Waals surface area (Å²) in [6, 6.07) is 12.1. The lowest BCUT2D eigenvalue weighted by Crippen LogP contribution is -1.98. The average Bonchev–Trinajstić information content (AvgIpc) is 2.48. The zero-order chi connectivity index (χ0) is 14.5. The summed E-state index contributed by atoms with van der Waals surface area (Å²) < 4.78 is 19.2. The summed E-state index contributed by atoms with van der Waals surface area (Å²) in [6.07, 6.45) is 0.251. The van der Waals surface area contributed by atoms with Crippen LogP contribution in [0.2, 0.25) is 0 Å². The minimum atomic E-state index is -0.433. The number of aliphatic hydroxyl groups is 1. The first-order chi connectivity index (χ1) is 9.60. The molecule has 0 aromatic heterocycles. The number of hydrogen-bond donors (Lipinski definition) is 1. The van der Waals surface area contributed by atoms with Crippen LogP contribution in [0, 0.1) is 5.82 Å². The normalized spacial score (nSPS) is 12.2. The van der Waals surface area contributed by atoms with Gasteiger partial charge in [0.15, 0.2) is 0 Å². The Balaban J connectivity index is 1.98. The molecule has 0 saturated carbocycles. The van der Waals surface area contributed by atoms with E-state index in [0.717, 1.165) is 16.9 Å². The second-order valence-electron chi connectivity index (χ2n) is 4.53. The second kappa shape index (κ2) is 6.86. The maximum atomic E-state index is 13.1. The first kappa shape index (κ1) is 15.0. The van der Waals surface area contributed by atoms with Crippen molar-refractivity contribution in [1.29, 1.82) is 0 Å². The molecule has 0 aliphatic carbocycles. The van der Waals surface area contributed by atoms with Crippen molar-refractivity contribution >= 4 is 15.9 Å². The molecule has 2 aromatic rings. The van der Waals surface area contributed by atoms with Gasteiger partial charge in [-0.05, 0) is 57.7 Å². The molecule has 1 N–H and O–H groups in total. The molecule has 0 amide bonds. The van der Waals surface area contributed by atoms with Crippen LogP contribution in [0.4, 0.5) is 4.39 Å². The van der Waals surface area contributed by atoms with Gasteiger partial charge < -0.3 is 9.84 Å². The molecule has 0 aliphatic heterocycles. The number of rotatable bonds is 5. The van der Waals surface area contributed by atoms with E-state index in [1.807, 2.05) is 31.2 Å². The molecule has 2 rings (SSSR count). The van der Waals surface area contributed by atoms with E-state index in [2.05, 4.69) is 15.9 Å². The van der Waals surface area contributed by atoms with Gasteiger partial charge in [-0.25, -0.2) is 4.39 Å². The predicted molar refractivity (Wildman–Crippen MR) is 80.1 cm³/mol. The molecule has 0 bridgehead atoms. The highest BCUT2D eigenvalue weighted by molar-refractivity contribution is 9.10. The number of hydrogen-bond acceptors (Lipinski definition) is 2. The lowest BCUT2D eigenvalue weighted by molar-refractivity contribution is 0.173. The van der Waals surface area contributed by atoms with E-state index in [-0.39, 0.29) is 5.82 Å². The fraction of sp³-hybridized carbons (Fsp3) is 0.250. The molecular formula is C16H16BrFO2. The standard InChI is InChI=1S/C16H16BrFO2/c1-2-16(19)12-4-6-13(7-5-12)20-10-11-3-8-15(18)14(17)9-11/h3-9,16,19H,2,10H2,1H3/t16-/m0/s1. The Morgan fingerprint density at radius 3 is 2.50 bits per heavy atom. The Labute approximate surface area is 126 Å². The lowest BCUT2D eigenvalue weighted by Gasteiger charge is -2.10. The monoisotopic (exact) mass is 338 g/mol. The topological polar surface area (TPSA) is 29.5 Å². The molecule has 4 heteroatoms. The Kier molecular flexibility index (Phi) is 5.15. The molecule has 0 heterocycles. The van der Waals surface area contributed by atoms with Gasteiger partial charge in [0.25, 0.3) is 0 Å². The molecular weight excluding hydrogens is 323 g/mol. The third kappa shape index (κ3) is 3.81. The number of aliphatic hydroxyl groups excluding tert-OH is 1. The largest absolute Gasteiger partial charge is 0.489 e. The summed E-state index contributed by atoms with van der Waals surface area (Å²) in [5.74, 6) is 0.434. The smallest absolute Gasteiger partial charge is 0.137 e. The van der Waals surface area contributed by atoms with Gasteiger partial charge in [0.1, 0.15) is 18.2 Å². The van der Waals surface area contributed by atoms with Crippen LogP contribution in [-0.4, -0.2) is 5.11 Å². The van der Waals surface area contributed by atoms with Crippen molar-refractivity contribution in [2.75, 3.05) is 0 Å². The molecule has 0 fully saturated rings. The van der Waals surface area contributed by atoms with E-state index in [1.165, 1.54) is 6.07 Å². The molecule has 0 spiro atoms. The van der Waals surface area contributed by atoms with Crippen molar-refractivity contribution in [2.45, 2.75) is 26.1 Å². The van der Waals surface area contributed by atoms with Gasteiger partial charge >= 0.3 is 0 Å². The highest BCUT2D eigenvalue weighted by Crippen LogP contribution is 2.21. The first-order valence-electron chi connectivity index (χ1n) is 6.45. The fourth-order valence-electron chi connectivity index (χ4n) is 1.82. The van der Waals surface area contributed by atoms with E-state index >= 15 is 0 Å².